The lowest BCUT2D eigenvalue weighted by Gasteiger charge is -2.10. The van der Waals surface area contributed by atoms with E-state index in [1.54, 1.807) is 12.1 Å². The minimum atomic E-state index is -0.217. The van der Waals surface area contributed by atoms with Crippen LogP contribution in [0, 0.1) is 0 Å². The molecule has 0 saturated heterocycles. The number of hydrogen-bond donors (Lipinski definition) is 1. The molecule has 0 unspecified atom stereocenters. The Hall–Kier alpha value is -3.22. The van der Waals surface area contributed by atoms with Gasteiger partial charge in [-0.05, 0) is 46.2 Å². The number of aromatic nitrogens is 4. The van der Waals surface area contributed by atoms with Crippen molar-refractivity contribution in [2.45, 2.75) is 19.8 Å². The molecular weight excluding hydrogens is 318 g/mol. The van der Waals surface area contributed by atoms with Gasteiger partial charge in [0.1, 0.15) is 12.1 Å². The normalized spacial score (nSPS) is 10.7. The molecular formula is C18H19N5O2. The summed E-state index contributed by atoms with van der Waals surface area (Å²) in [4.78, 5) is 12.0. The first kappa shape index (κ1) is 16.6. The summed E-state index contributed by atoms with van der Waals surface area (Å²) in [5.41, 5.74) is 2.74. The number of tetrazole rings is 1. The number of nitrogens with one attached hydrogen (secondary N) is 1. The van der Waals surface area contributed by atoms with Crippen LogP contribution >= 0.6 is 0 Å². The van der Waals surface area contributed by atoms with Crippen molar-refractivity contribution in [3.63, 3.8) is 0 Å². The Balaban J connectivity index is 1.56. The van der Waals surface area contributed by atoms with Gasteiger partial charge in [-0.1, -0.05) is 32.0 Å². The molecule has 0 atom stereocenters. The molecule has 1 aromatic heterocycles. The molecule has 7 nitrogen and oxygen atoms in total. The van der Waals surface area contributed by atoms with Gasteiger partial charge in [0, 0.05) is 11.8 Å². The Morgan fingerprint density at radius 1 is 1.20 bits per heavy atom. The highest BCUT2D eigenvalue weighted by molar-refractivity contribution is 5.91. The Morgan fingerprint density at radius 3 is 2.68 bits per heavy atom. The fraction of sp³-hybridized carbons (Fsp3) is 0.222. The summed E-state index contributed by atoms with van der Waals surface area (Å²) in [6.45, 7) is 4.18. The van der Waals surface area contributed by atoms with Crippen molar-refractivity contribution in [2.24, 2.45) is 0 Å². The lowest BCUT2D eigenvalue weighted by atomic mass is 10.0. The minimum Gasteiger partial charge on any atom is -0.484 e. The lowest BCUT2D eigenvalue weighted by Crippen LogP contribution is -2.20. The van der Waals surface area contributed by atoms with Gasteiger partial charge in [-0.15, -0.1) is 5.10 Å². The number of ether oxygens (including phenoxy) is 1. The summed E-state index contributed by atoms with van der Waals surface area (Å²) in [7, 11) is 0. The van der Waals surface area contributed by atoms with Gasteiger partial charge < -0.3 is 10.1 Å². The number of carbonyl (C=O) groups is 1. The van der Waals surface area contributed by atoms with Crippen LogP contribution < -0.4 is 10.1 Å². The maximum atomic E-state index is 12.0. The van der Waals surface area contributed by atoms with Crippen molar-refractivity contribution < 1.29 is 9.53 Å². The van der Waals surface area contributed by atoms with E-state index in [0.29, 0.717) is 11.7 Å². The largest absolute Gasteiger partial charge is 0.484 e. The molecule has 0 aliphatic rings. The molecule has 3 aromatic rings. The van der Waals surface area contributed by atoms with Gasteiger partial charge in [-0.25, -0.2) is 4.68 Å². The van der Waals surface area contributed by atoms with Crippen molar-refractivity contribution in [3.05, 3.63) is 60.4 Å². The number of rotatable bonds is 6. The summed E-state index contributed by atoms with van der Waals surface area (Å²) in [5.74, 6) is 0.809. The second-order valence-electron chi connectivity index (χ2n) is 5.87. The highest BCUT2D eigenvalue weighted by Gasteiger charge is 2.06. The summed E-state index contributed by atoms with van der Waals surface area (Å²) in [6.07, 6.45) is 1.49. The minimum absolute atomic E-state index is 0.0784. The van der Waals surface area contributed by atoms with Crippen LogP contribution in [0.3, 0.4) is 0 Å². The van der Waals surface area contributed by atoms with Crippen LogP contribution in [0.5, 0.6) is 5.75 Å². The summed E-state index contributed by atoms with van der Waals surface area (Å²) < 4.78 is 7.06. The highest BCUT2D eigenvalue weighted by atomic mass is 16.5. The first-order valence-electron chi connectivity index (χ1n) is 7.98. The summed E-state index contributed by atoms with van der Waals surface area (Å²) in [5, 5.41) is 13.8. The maximum Gasteiger partial charge on any atom is 0.262 e. The van der Waals surface area contributed by atoms with Crippen LogP contribution in [-0.4, -0.2) is 32.7 Å². The van der Waals surface area contributed by atoms with Gasteiger partial charge in [-0.3, -0.25) is 4.79 Å². The average Bonchev–Trinajstić information content (AvgIpc) is 3.15. The molecule has 0 radical (unpaired) electrons. The molecule has 0 bridgehead atoms. The second-order valence-corrected chi connectivity index (χ2v) is 5.87. The summed E-state index contributed by atoms with van der Waals surface area (Å²) >= 11 is 0. The highest BCUT2D eigenvalue weighted by Crippen LogP contribution is 2.18. The lowest BCUT2D eigenvalue weighted by molar-refractivity contribution is -0.118. The fourth-order valence-corrected chi connectivity index (χ4v) is 2.29. The number of anilines is 1. The summed E-state index contributed by atoms with van der Waals surface area (Å²) in [6, 6.07) is 15.0. The maximum absolute atomic E-state index is 12.0. The molecule has 1 amide bonds. The van der Waals surface area contributed by atoms with Crippen LogP contribution in [-0.2, 0) is 4.79 Å². The van der Waals surface area contributed by atoms with Gasteiger partial charge >= 0.3 is 0 Å². The van der Waals surface area contributed by atoms with E-state index in [9.17, 15) is 4.79 Å². The van der Waals surface area contributed by atoms with Crippen molar-refractivity contribution in [1.82, 2.24) is 20.2 Å². The second kappa shape index (κ2) is 7.57. The smallest absolute Gasteiger partial charge is 0.262 e. The van der Waals surface area contributed by atoms with Crippen LogP contribution in [0.25, 0.3) is 5.69 Å². The van der Waals surface area contributed by atoms with Crippen molar-refractivity contribution >= 4 is 11.6 Å². The average molecular weight is 337 g/mol. The third kappa shape index (κ3) is 4.41. The van der Waals surface area contributed by atoms with E-state index in [0.717, 1.165) is 11.4 Å². The number of hydrogen-bond acceptors (Lipinski definition) is 5. The predicted molar refractivity (Wildman–Crippen MR) is 93.8 cm³/mol. The Kier molecular flexibility index (Phi) is 5.03. The zero-order valence-electron chi connectivity index (χ0n) is 14.1. The Labute approximate surface area is 145 Å². The van der Waals surface area contributed by atoms with Gasteiger partial charge in [0.2, 0.25) is 0 Å². The van der Waals surface area contributed by atoms with E-state index in [4.69, 9.17) is 4.74 Å². The Bertz CT molecular complexity index is 829. The molecule has 0 aliphatic carbocycles. The van der Waals surface area contributed by atoms with Gasteiger partial charge in [0.05, 0.1) is 5.69 Å². The standard InChI is InChI=1S/C18H19N5O2/c1-13(2)14-6-8-15(9-7-14)20-18(24)11-25-17-5-3-4-16(10-17)23-12-19-21-22-23/h3-10,12-13H,11H2,1-2H3,(H,20,24). The van der Waals surface area contributed by atoms with E-state index in [-0.39, 0.29) is 12.5 Å². The molecule has 25 heavy (non-hydrogen) atoms. The molecule has 1 heterocycles. The van der Waals surface area contributed by atoms with Gasteiger partial charge in [0.15, 0.2) is 6.61 Å². The van der Waals surface area contributed by atoms with E-state index in [1.807, 2.05) is 36.4 Å². The van der Waals surface area contributed by atoms with Crippen molar-refractivity contribution in [1.29, 1.82) is 0 Å². The molecule has 0 saturated carbocycles. The van der Waals surface area contributed by atoms with Crippen molar-refractivity contribution in [3.8, 4) is 11.4 Å². The molecule has 128 valence electrons. The van der Waals surface area contributed by atoms with Crippen LogP contribution in [0.15, 0.2) is 54.9 Å². The number of nitrogens with zero attached hydrogens (tertiary/aromatic N) is 4. The van der Waals surface area contributed by atoms with E-state index in [2.05, 4.69) is 34.7 Å². The monoisotopic (exact) mass is 337 g/mol. The van der Waals surface area contributed by atoms with Crippen LogP contribution in [0.1, 0.15) is 25.3 Å². The predicted octanol–water partition coefficient (Wildman–Crippen LogP) is 2.80. The molecule has 0 spiro atoms. The molecule has 0 aliphatic heterocycles. The van der Waals surface area contributed by atoms with E-state index < -0.39 is 0 Å². The van der Waals surface area contributed by atoms with E-state index >= 15 is 0 Å². The number of benzene rings is 2. The SMILES string of the molecule is CC(C)c1ccc(NC(=O)COc2cccc(-n3cnnn3)c2)cc1. The molecule has 3 rings (SSSR count). The third-order valence-electron chi connectivity index (χ3n) is 3.66. The zero-order valence-corrected chi connectivity index (χ0v) is 14.1. The topological polar surface area (TPSA) is 81.9 Å². The number of amides is 1. The van der Waals surface area contributed by atoms with Gasteiger partial charge in [-0.2, -0.15) is 0 Å². The molecule has 0 fully saturated rings. The molecule has 7 heteroatoms. The van der Waals surface area contributed by atoms with Crippen molar-refractivity contribution in [2.75, 3.05) is 11.9 Å². The first-order valence-corrected chi connectivity index (χ1v) is 7.98. The quantitative estimate of drug-likeness (QED) is 0.748. The Morgan fingerprint density at radius 2 is 2.00 bits per heavy atom. The van der Waals surface area contributed by atoms with Gasteiger partial charge in [0.25, 0.3) is 5.91 Å². The van der Waals surface area contributed by atoms with Crippen LogP contribution in [0.2, 0.25) is 0 Å². The fourth-order valence-electron chi connectivity index (χ4n) is 2.29. The molecule has 2 aromatic carbocycles. The van der Waals surface area contributed by atoms with Crippen LogP contribution in [0.4, 0.5) is 5.69 Å². The van der Waals surface area contributed by atoms with E-state index in [1.165, 1.54) is 16.6 Å². The number of carbonyl (C=O) groups excluding carboxylic acids is 1. The zero-order chi connectivity index (χ0) is 17.6. The first-order chi connectivity index (χ1) is 12.1. The molecule has 1 N–H and O–H groups in total. The third-order valence-corrected chi connectivity index (χ3v) is 3.66.